The summed E-state index contributed by atoms with van der Waals surface area (Å²) >= 11 is 2.95. The quantitative estimate of drug-likeness (QED) is 0.643. The van der Waals surface area contributed by atoms with Gasteiger partial charge in [0.05, 0.1) is 5.56 Å². The van der Waals surface area contributed by atoms with Crippen molar-refractivity contribution in [3.05, 3.63) is 44.5 Å². The largest absolute Gasteiger partial charge is 0.446 e. The molecule has 0 saturated carbocycles. The van der Waals surface area contributed by atoms with E-state index >= 15 is 0 Å². The molecule has 1 N–H and O–H groups in total. The van der Waals surface area contributed by atoms with Gasteiger partial charge in [-0.3, -0.25) is 4.79 Å². The molecule has 0 spiro atoms. The summed E-state index contributed by atoms with van der Waals surface area (Å²) in [7, 11) is 1.74. The molecule has 2 amide bonds. The van der Waals surface area contributed by atoms with Crippen LogP contribution in [-0.2, 0) is 22.4 Å². The second kappa shape index (κ2) is 9.92. The molecule has 0 radical (unpaired) electrons. The monoisotopic (exact) mass is 443 g/mol. The van der Waals surface area contributed by atoms with E-state index in [2.05, 4.69) is 25.2 Å². The van der Waals surface area contributed by atoms with Crippen molar-refractivity contribution in [3.63, 3.8) is 0 Å². The van der Waals surface area contributed by atoms with Gasteiger partial charge in [-0.05, 0) is 41.8 Å². The van der Waals surface area contributed by atoms with E-state index in [9.17, 15) is 14.9 Å². The van der Waals surface area contributed by atoms with Crippen molar-refractivity contribution in [1.82, 2.24) is 4.90 Å². The van der Waals surface area contributed by atoms with Crippen LogP contribution in [0.25, 0.3) is 6.08 Å². The van der Waals surface area contributed by atoms with E-state index < -0.39 is 0 Å². The minimum Gasteiger partial charge on any atom is -0.446 e. The third kappa shape index (κ3) is 5.49. The van der Waals surface area contributed by atoms with E-state index in [1.54, 1.807) is 29.4 Å². The van der Waals surface area contributed by atoms with Crippen LogP contribution in [0.4, 0.5) is 9.80 Å². The summed E-state index contributed by atoms with van der Waals surface area (Å²) in [5, 5.41) is 15.0. The minimum absolute atomic E-state index is 0.216. The molecule has 2 aromatic heterocycles. The van der Waals surface area contributed by atoms with E-state index in [0.29, 0.717) is 42.3 Å². The van der Waals surface area contributed by atoms with Crippen LogP contribution in [-0.4, -0.2) is 36.6 Å². The van der Waals surface area contributed by atoms with Crippen molar-refractivity contribution >= 4 is 45.8 Å². The Morgan fingerprint density at radius 2 is 2.27 bits per heavy atom. The molecule has 0 fully saturated rings. The summed E-state index contributed by atoms with van der Waals surface area (Å²) in [5.41, 5.74) is 1.48. The van der Waals surface area contributed by atoms with Crippen molar-refractivity contribution in [3.8, 4) is 6.07 Å². The number of anilines is 1. The normalized spacial score (nSPS) is 15.6. The molecule has 1 aliphatic carbocycles. The number of nitriles is 1. The molecule has 2 heterocycles. The van der Waals surface area contributed by atoms with Gasteiger partial charge < -0.3 is 15.0 Å². The Bertz CT molecular complexity index is 971. The number of nitrogens with one attached hydrogen (secondary N) is 1. The molecular weight excluding hydrogens is 418 g/mol. The lowest BCUT2D eigenvalue weighted by molar-refractivity contribution is -0.111. The van der Waals surface area contributed by atoms with Gasteiger partial charge in [-0.1, -0.05) is 19.9 Å². The third-order valence-electron chi connectivity index (χ3n) is 4.73. The van der Waals surface area contributed by atoms with Crippen molar-refractivity contribution in [1.29, 1.82) is 5.26 Å². The second-order valence-corrected chi connectivity index (χ2v) is 9.77. The Hall–Kier alpha value is -2.63. The molecule has 8 heteroatoms. The van der Waals surface area contributed by atoms with Gasteiger partial charge in [-0.2, -0.15) is 5.26 Å². The van der Waals surface area contributed by atoms with Crippen molar-refractivity contribution < 1.29 is 14.3 Å². The summed E-state index contributed by atoms with van der Waals surface area (Å²) in [6.07, 6.45) is 4.58. The smallest absolute Gasteiger partial charge is 0.409 e. The maximum atomic E-state index is 12.3. The maximum Gasteiger partial charge on any atom is 0.409 e. The zero-order valence-electron chi connectivity index (χ0n) is 17.3. The number of ether oxygens (including phenoxy) is 1. The van der Waals surface area contributed by atoms with Crippen molar-refractivity contribution in [2.24, 2.45) is 5.92 Å². The van der Waals surface area contributed by atoms with E-state index in [0.717, 1.165) is 15.3 Å². The number of nitrogens with zero attached hydrogens (tertiary/aromatic N) is 2. The standard InChI is InChI=1S/C22H25N3O3S2/c1-14(2)13-25(3)22(27)28-15-6-8-17-18(12-23)21(30-19(17)11-15)24-20(26)9-7-16-5-4-10-29-16/h4-5,7,9-10,14-15H,6,8,11,13H2,1-3H3,(H,24,26)/b9-7+. The highest BCUT2D eigenvalue weighted by molar-refractivity contribution is 7.16. The van der Waals surface area contributed by atoms with Gasteiger partial charge in [-0.15, -0.1) is 22.7 Å². The summed E-state index contributed by atoms with van der Waals surface area (Å²) < 4.78 is 5.67. The average Bonchev–Trinajstić information content (AvgIpc) is 3.32. The lowest BCUT2D eigenvalue weighted by Gasteiger charge is -2.26. The molecule has 1 aliphatic rings. The molecule has 158 valence electrons. The highest BCUT2D eigenvalue weighted by Crippen LogP contribution is 2.38. The molecule has 30 heavy (non-hydrogen) atoms. The van der Waals surface area contributed by atoms with Crippen LogP contribution >= 0.6 is 22.7 Å². The lowest BCUT2D eigenvalue weighted by Crippen LogP contribution is -2.35. The molecule has 0 aliphatic heterocycles. The summed E-state index contributed by atoms with van der Waals surface area (Å²) in [5.74, 6) is 0.104. The van der Waals surface area contributed by atoms with Crippen LogP contribution in [0.2, 0.25) is 0 Å². The van der Waals surface area contributed by atoms with Crippen LogP contribution < -0.4 is 5.32 Å². The number of hydrogen-bond acceptors (Lipinski definition) is 6. The van der Waals surface area contributed by atoms with Crippen molar-refractivity contribution in [2.45, 2.75) is 39.2 Å². The Labute approximate surface area is 184 Å². The molecular formula is C22H25N3O3S2. The first-order chi connectivity index (χ1) is 14.4. The SMILES string of the molecule is CC(C)CN(C)C(=O)OC1CCc2c(sc(NC(=O)/C=C/c3cccs3)c2C#N)C1. The molecule has 6 nitrogen and oxygen atoms in total. The van der Waals surface area contributed by atoms with Gasteiger partial charge in [0.2, 0.25) is 5.91 Å². The van der Waals surface area contributed by atoms with E-state index in [-0.39, 0.29) is 18.1 Å². The predicted molar refractivity (Wildman–Crippen MR) is 121 cm³/mol. The first-order valence-electron chi connectivity index (χ1n) is 9.86. The number of thiophene rings is 2. The van der Waals surface area contributed by atoms with Crippen LogP contribution in [0.5, 0.6) is 0 Å². The van der Waals surface area contributed by atoms with Gasteiger partial charge in [0.15, 0.2) is 0 Å². The Kier molecular flexibility index (Phi) is 7.29. The Morgan fingerprint density at radius 3 is 2.93 bits per heavy atom. The molecule has 0 aromatic carbocycles. The number of carbonyl (C=O) groups excluding carboxylic acids is 2. The Balaban J connectivity index is 1.66. The van der Waals surface area contributed by atoms with Crippen LogP contribution in [0.15, 0.2) is 23.6 Å². The molecule has 0 bridgehead atoms. The van der Waals surface area contributed by atoms with Gasteiger partial charge in [0, 0.05) is 35.8 Å². The van der Waals surface area contributed by atoms with Gasteiger partial charge in [0.1, 0.15) is 17.2 Å². The van der Waals surface area contributed by atoms with Crippen LogP contribution in [0.3, 0.4) is 0 Å². The fraction of sp³-hybridized carbons (Fsp3) is 0.409. The summed E-state index contributed by atoms with van der Waals surface area (Å²) in [6, 6.07) is 6.09. The van der Waals surface area contributed by atoms with E-state index in [1.807, 2.05) is 17.5 Å². The van der Waals surface area contributed by atoms with E-state index in [4.69, 9.17) is 4.74 Å². The molecule has 2 aromatic rings. The van der Waals surface area contributed by atoms with Crippen LogP contribution in [0.1, 0.15) is 41.1 Å². The summed E-state index contributed by atoms with van der Waals surface area (Å²) in [6.45, 7) is 4.75. The number of amides is 2. The predicted octanol–water partition coefficient (Wildman–Crippen LogP) is 4.91. The van der Waals surface area contributed by atoms with Gasteiger partial charge in [-0.25, -0.2) is 4.79 Å². The molecule has 1 atom stereocenters. The van der Waals surface area contributed by atoms with Gasteiger partial charge >= 0.3 is 6.09 Å². The zero-order valence-corrected chi connectivity index (χ0v) is 18.9. The Morgan fingerprint density at radius 1 is 1.47 bits per heavy atom. The third-order valence-corrected chi connectivity index (χ3v) is 6.74. The maximum absolute atomic E-state index is 12.3. The topological polar surface area (TPSA) is 82.4 Å². The van der Waals surface area contributed by atoms with Crippen LogP contribution in [0, 0.1) is 17.2 Å². The fourth-order valence-corrected chi connectivity index (χ4v) is 5.30. The lowest BCUT2D eigenvalue weighted by atomic mass is 9.94. The number of rotatable bonds is 6. The fourth-order valence-electron chi connectivity index (χ4n) is 3.41. The first kappa shape index (κ1) is 22.1. The van der Waals surface area contributed by atoms with Gasteiger partial charge in [0.25, 0.3) is 0 Å². The second-order valence-electron chi connectivity index (χ2n) is 7.68. The molecule has 0 saturated heterocycles. The highest BCUT2D eigenvalue weighted by atomic mass is 32.1. The first-order valence-corrected chi connectivity index (χ1v) is 11.6. The molecule has 1 unspecified atom stereocenters. The minimum atomic E-state index is -0.318. The zero-order chi connectivity index (χ0) is 21.7. The number of carbonyl (C=O) groups is 2. The van der Waals surface area contributed by atoms with Crippen molar-refractivity contribution in [2.75, 3.05) is 18.9 Å². The average molecular weight is 444 g/mol. The highest BCUT2D eigenvalue weighted by Gasteiger charge is 2.29. The number of fused-ring (bicyclic) bond motifs is 1. The molecule has 3 rings (SSSR count). The number of hydrogen-bond donors (Lipinski definition) is 1. The van der Waals surface area contributed by atoms with E-state index in [1.165, 1.54) is 17.4 Å². The summed E-state index contributed by atoms with van der Waals surface area (Å²) in [4.78, 5) is 28.2.